The van der Waals surface area contributed by atoms with Crippen molar-refractivity contribution in [3.8, 4) is 0 Å². The van der Waals surface area contributed by atoms with Crippen molar-refractivity contribution in [3.05, 3.63) is 35.4 Å². The molecule has 0 bridgehead atoms. The van der Waals surface area contributed by atoms with E-state index in [9.17, 15) is 4.79 Å². The fourth-order valence-corrected chi connectivity index (χ4v) is 1.58. The van der Waals surface area contributed by atoms with Crippen molar-refractivity contribution in [3.63, 3.8) is 0 Å². The summed E-state index contributed by atoms with van der Waals surface area (Å²) in [5.41, 5.74) is 2.52. The molecule has 1 aromatic carbocycles. The van der Waals surface area contributed by atoms with Crippen molar-refractivity contribution in [1.29, 1.82) is 0 Å². The first kappa shape index (κ1) is 9.21. The molecule has 1 N–H and O–H groups in total. The number of aryl methyl sites for hydroxylation is 1. The van der Waals surface area contributed by atoms with Gasteiger partial charge in [0.25, 0.3) is 0 Å². The molecule has 0 saturated carbocycles. The van der Waals surface area contributed by atoms with Gasteiger partial charge in [-0.15, -0.1) is 0 Å². The first-order chi connectivity index (χ1) is 6.74. The molecular weight excluding hydrogens is 176 g/mol. The number of rotatable bonds is 2. The van der Waals surface area contributed by atoms with E-state index in [2.05, 4.69) is 41.4 Å². The summed E-state index contributed by atoms with van der Waals surface area (Å²) < 4.78 is 0. The van der Waals surface area contributed by atoms with Crippen LogP contribution in [0.4, 0.5) is 0 Å². The minimum absolute atomic E-state index is 0.122. The van der Waals surface area contributed by atoms with E-state index in [0.29, 0.717) is 13.2 Å². The van der Waals surface area contributed by atoms with Crippen LogP contribution in [0.15, 0.2) is 24.3 Å². The first-order valence-corrected chi connectivity index (χ1v) is 4.78. The molecule has 74 valence electrons. The topological polar surface area (TPSA) is 32.3 Å². The zero-order valence-electron chi connectivity index (χ0n) is 8.29. The van der Waals surface area contributed by atoms with Gasteiger partial charge in [0.05, 0.1) is 13.2 Å². The standard InChI is InChI=1S/C11H14N2O/c1-9-2-4-10(5-3-9)6-13-7-11(14)12-8-13/h2-5H,6-8H2,1H3,(H,12,14). The Morgan fingerprint density at radius 1 is 1.36 bits per heavy atom. The zero-order chi connectivity index (χ0) is 9.97. The Morgan fingerprint density at radius 2 is 2.07 bits per heavy atom. The van der Waals surface area contributed by atoms with Gasteiger partial charge in [0, 0.05) is 6.54 Å². The van der Waals surface area contributed by atoms with Crippen LogP contribution >= 0.6 is 0 Å². The number of hydrogen-bond acceptors (Lipinski definition) is 2. The Bertz CT molecular complexity index is 332. The molecule has 1 aliphatic rings. The highest BCUT2D eigenvalue weighted by atomic mass is 16.2. The Kier molecular flexibility index (Phi) is 2.50. The lowest BCUT2D eigenvalue weighted by atomic mass is 10.1. The van der Waals surface area contributed by atoms with Crippen molar-refractivity contribution < 1.29 is 4.79 Å². The Balaban J connectivity index is 1.97. The summed E-state index contributed by atoms with van der Waals surface area (Å²) in [4.78, 5) is 13.0. The van der Waals surface area contributed by atoms with E-state index in [4.69, 9.17) is 0 Å². The van der Waals surface area contributed by atoms with Gasteiger partial charge in [-0.05, 0) is 12.5 Å². The van der Waals surface area contributed by atoms with E-state index in [1.807, 2.05) is 0 Å². The van der Waals surface area contributed by atoms with Gasteiger partial charge in [-0.3, -0.25) is 9.69 Å². The van der Waals surface area contributed by atoms with Crippen molar-refractivity contribution in [1.82, 2.24) is 10.2 Å². The number of amides is 1. The third kappa shape index (κ3) is 2.12. The number of carbonyl (C=O) groups excluding carboxylic acids is 1. The molecule has 1 aromatic rings. The van der Waals surface area contributed by atoms with Gasteiger partial charge in [0.2, 0.25) is 5.91 Å². The highest BCUT2D eigenvalue weighted by molar-refractivity contribution is 5.79. The summed E-state index contributed by atoms with van der Waals surface area (Å²) in [6.45, 7) is 4.12. The van der Waals surface area contributed by atoms with Crippen LogP contribution in [0.1, 0.15) is 11.1 Å². The third-order valence-corrected chi connectivity index (χ3v) is 2.39. The molecule has 1 fully saturated rings. The molecule has 1 saturated heterocycles. The predicted octanol–water partition coefficient (Wildman–Crippen LogP) is 0.884. The maximum Gasteiger partial charge on any atom is 0.235 e. The maximum atomic E-state index is 10.9. The summed E-state index contributed by atoms with van der Waals surface area (Å²) >= 11 is 0. The molecule has 0 unspecified atom stereocenters. The molecule has 1 amide bonds. The highest BCUT2D eigenvalue weighted by Gasteiger charge is 2.17. The highest BCUT2D eigenvalue weighted by Crippen LogP contribution is 2.07. The number of nitrogens with zero attached hydrogens (tertiary/aromatic N) is 1. The van der Waals surface area contributed by atoms with E-state index in [1.165, 1.54) is 11.1 Å². The molecule has 0 aliphatic carbocycles. The lowest BCUT2D eigenvalue weighted by Crippen LogP contribution is -2.21. The van der Waals surface area contributed by atoms with E-state index >= 15 is 0 Å². The molecule has 2 rings (SSSR count). The lowest BCUT2D eigenvalue weighted by Gasteiger charge is -2.12. The Labute approximate surface area is 83.7 Å². The van der Waals surface area contributed by atoms with Crippen LogP contribution in [0.3, 0.4) is 0 Å². The monoisotopic (exact) mass is 190 g/mol. The molecule has 0 aromatic heterocycles. The summed E-state index contributed by atoms with van der Waals surface area (Å²) in [6.07, 6.45) is 0. The van der Waals surface area contributed by atoms with Crippen molar-refractivity contribution in [2.45, 2.75) is 13.5 Å². The molecule has 14 heavy (non-hydrogen) atoms. The summed E-state index contributed by atoms with van der Waals surface area (Å²) in [5.74, 6) is 0.122. The van der Waals surface area contributed by atoms with Crippen molar-refractivity contribution in [2.24, 2.45) is 0 Å². The fourth-order valence-electron chi connectivity index (χ4n) is 1.58. The van der Waals surface area contributed by atoms with Crippen LogP contribution in [0.25, 0.3) is 0 Å². The largest absolute Gasteiger partial charge is 0.342 e. The smallest absolute Gasteiger partial charge is 0.235 e. The third-order valence-electron chi connectivity index (χ3n) is 2.39. The molecule has 1 aliphatic heterocycles. The number of benzene rings is 1. The quantitative estimate of drug-likeness (QED) is 0.751. The second-order valence-corrected chi connectivity index (χ2v) is 3.73. The van der Waals surface area contributed by atoms with E-state index in [1.54, 1.807) is 0 Å². The number of hydrogen-bond donors (Lipinski definition) is 1. The van der Waals surface area contributed by atoms with Gasteiger partial charge >= 0.3 is 0 Å². The van der Waals surface area contributed by atoms with Crippen LogP contribution < -0.4 is 5.32 Å². The van der Waals surface area contributed by atoms with Gasteiger partial charge < -0.3 is 5.32 Å². The van der Waals surface area contributed by atoms with E-state index in [0.717, 1.165) is 6.54 Å². The zero-order valence-corrected chi connectivity index (χ0v) is 8.29. The SMILES string of the molecule is Cc1ccc(CN2CNC(=O)C2)cc1. The first-order valence-electron chi connectivity index (χ1n) is 4.78. The van der Waals surface area contributed by atoms with Crippen LogP contribution in [0, 0.1) is 6.92 Å². The average molecular weight is 190 g/mol. The van der Waals surface area contributed by atoms with Gasteiger partial charge in [-0.1, -0.05) is 29.8 Å². The fraction of sp³-hybridized carbons (Fsp3) is 0.364. The van der Waals surface area contributed by atoms with E-state index in [-0.39, 0.29) is 5.91 Å². The van der Waals surface area contributed by atoms with Crippen LogP contribution in [0.2, 0.25) is 0 Å². The number of nitrogens with one attached hydrogen (secondary N) is 1. The van der Waals surface area contributed by atoms with Crippen molar-refractivity contribution in [2.75, 3.05) is 13.2 Å². The molecule has 0 atom stereocenters. The minimum atomic E-state index is 0.122. The molecule has 0 spiro atoms. The second-order valence-electron chi connectivity index (χ2n) is 3.73. The van der Waals surface area contributed by atoms with Crippen LogP contribution in [-0.4, -0.2) is 24.0 Å². The normalized spacial score (nSPS) is 17.1. The summed E-state index contributed by atoms with van der Waals surface area (Å²) in [6, 6.07) is 8.41. The second kappa shape index (κ2) is 3.80. The lowest BCUT2D eigenvalue weighted by molar-refractivity contribution is -0.118. The van der Waals surface area contributed by atoms with Gasteiger partial charge in [0.1, 0.15) is 0 Å². The van der Waals surface area contributed by atoms with Gasteiger partial charge in [-0.2, -0.15) is 0 Å². The van der Waals surface area contributed by atoms with E-state index < -0.39 is 0 Å². The minimum Gasteiger partial charge on any atom is -0.342 e. The molecule has 3 nitrogen and oxygen atoms in total. The Morgan fingerprint density at radius 3 is 2.64 bits per heavy atom. The molecule has 1 heterocycles. The molecule has 3 heteroatoms. The van der Waals surface area contributed by atoms with Gasteiger partial charge in [-0.25, -0.2) is 0 Å². The number of carbonyl (C=O) groups is 1. The average Bonchev–Trinajstić information content (AvgIpc) is 2.56. The van der Waals surface area contributed by atoms with Crippen molar-refractivity contribution >= 4 is 5.91 Å². The molecule has 0 radical (unpaired) electrons. The van der Waals surface area contributed by atoms with Crippen LogP contribution in [0.5, 0.6) is 0 Å². The predicted molar refractivity (Wildman–Crippen MR) is 54.6 cm³/mol. The summed E-state index contributed by atoms with van der Waals surface area (Å²) in [5, 5.41) is 2.79. The Hall–Kier alpha value is -1.35. The maximum absolute atomic E-state index is 10.9. The van der Waals surface area contributed by atoms with Gasteiger partial charge in [0.15, 0.2) is 0 Å². The van der Waals surface area contributed by atoms with Crippen LogP contribution in [-0.2, 0) is 11.3 Å². The summed E-state index contributed by atoms with van der Waals surface area (Å²) in [7, 11) is 0. The molecular formula is C11H14N2O.